The Morgan fingerprint density at radius 3 is 2.36 bits per heavy atom. The largest absolute Gasteiger partial charge is 0.481 e. The number of aromatic nitrogens is 2. The number of carbonyl (C=O) groups is 1. The number of benzene rings is 3. The third-order valence-electron chi connectivity index (χ3n) is 6.80. The lowest BCUT2D eigenvalue weighted by Gasteiger charge is -2.19. The van der Waals surface area contributed by atoms with E-state index in [1.54, 1.807) is 57.3 Å². The molecule has 1 unspecified atom stereocenters. The summed E-state index contributed by atoms with van der Waals surface area (Å²) in [6.07, 6.45) is -4.38. The first-order valence-electron chi connectivity index (χ1n) is 13.1. The summed E-state index contributed by atoms with van der Waals surface area (Å²) in [7, 11) is 1.44. The highest BCUT2D eigenvalue weighted by molar-refractivity contribution is 6.36. The predicted octanol–water partition coefficient (Wildman–Crippen LogP) is 8.33. The fourth-order valence-electron chi connectivity index (χ4n) is 4.83. The van der Waals surface area contributed by atoms with Crippen LogP contribution in [0, 0.1) is 0 Å². The third kappa shape index (κ3) is 5.80. The summed E-state index contributed by atoms with van der Waals surface area (Å²) < 4.78 is 51.5. The standard InChI is InChI=1S/C32H28ClF3N2O4/c1-31(2,3)42-30(40)38-17-24(21-7-5-6-8-26(21)38)28(39)19-11-14-25-22(16-19)27(33)23(29(37-25)41-4)15-18-9-12-20(13-10-18)32(34,35)36/h5-14,16-17,28,39H,15H2,1-4H3. The molecule has 6 nitrogen and oxygen atoms in total. The Morgan fingerprint density at radius 2 is 1.71 bits per heavy atom. The van der Waals surface area contributed by atoms with E-state index in [4.69, 9.17) is 21.1 Å². The van der Waals surface area contributed by atoms with Crippen LogP contribution in [0.15, 0.2) is 72.9 Å². The molecule has 0 fully saturated rings. The number of hydrogen-bond acceptors (Lipinski definition) is 5. The Kier molecular flexibility index (Phi) is 7.68. The molecule has 0 aliphatic heterocycles. The SMILES string of the molecule is COc1nc2ccc(C(O)c3cn(C(=O)OC(C)(C)C)c4ccccc34)cc2c(Cl)c1Cc1ccc(C(F)(F)F)cc1. The minimum Gasteiger partial charge on any atom is -0.481 e. The van der Waals surface area contributed by atoms with Gasteiger partial charge in [0.25, 0.3) is 0 Å². The lowest BCUT2D eigenvalue weighted by atomic mass is 9.97. The number of methoxy groups -OCH3 is 1. The first-order valence-corrected chi connectivity index (χ1v) is 13.5. The number of nitrogens with zero attached hydrogens (tertiary/aromatic N) is 2. The van der Waals surface area contributed by atoms with Crippen LogP contribution in [-0.4, -0.2) is 33.5 Å². The highest BCUT2D eigenvalue weighted by Gasteiger charge is 2.30. The molecule has 0 radical (unpaired) electrons. The molecular formula is C32H28ClF3N2O4. The average Bonchev–Trinajstić information content (AvgIpc) is 3.33. The second-order valence-corrected chi connectivity index (χ2v) is 11.3. The molecule has 0 spiro atoms. The Hall–Kier alpha value is -4.08. The molecule has 0 saturated heterocycles. The van der Waals surface area contributed by atoms with Gasteiger partial charge in [-0.3, -0.25) is 4.57 Å². The number of alkyl halides is 3. The van der Waals surface area contributed by atoms with Crippen molar-refractivity contribution in [2.75, 3.05) is 7.11 Å². The summed E-state index contributed by atoms with van der Waals surface area (Å²) >= 11 is 6.86. The molecule has 2 aromatic heterocycles. The molecule has 218 valence electrons. The number of aliphatic hydroxyl groups is 1. The van der Waals surface area contributed by atoms with Gasteiger partial charge in [-0.15, -0.1) is 0 Å². The van der Waals surface area contributed by atoms with E-state index in [1.807, 2.05) is 12.1 Å². The molecule has 0 saturated carbocycles. The first kappa shape index (κ1) is 29.4. The maximum Gasteiger partial charge on any atom is 0.419 e. The van der Waals surface area contributed by atoms with Crippen molar-refractivity contribution in [3.63, 3.8) is 0 Å². The number of para-hydroxylation sites is 1. The van der Waals surface area contributed by atoms with Crippen LogP contribution < -0.4 is 4.74 Å². The molecule has 1 N–H and O–H groups in total. The lowest BCUT2D eigenvalue weighted by molar-refractivity contribution is -0.137. The highest BCUT2D eigenvalue weighted by atomic mass is 35.5. The summed E-state index contributed by atoms with van der Waals surface area (Å²) in [6, 6.07) is 17.2. The van der Waals surface area contributed by atoms with E-state index in [1.165, 1.54) is 23.8 Å². The van der Waals surface area contributed by atoms with E-state index < -0.39 is 29.5 Å². The summed E-state index contributed by atoms with van der Waals surface area (Å²) in [4.78, 5) is 17.5. The molecule has 42 heavy (non-hydrogen) atoms. The summed E-state index contributed by atoms with van der Waals surface area (Å²) in [5.74, 6) is 0.251. The molecule has 3 aromatic carbocycles. The smallest absolute Gasteiger partial charge is 0.419 e. The second-order valence-electron chi connectivity index (χ2n) is 10.9. The van der Waals surface area contributed by atoms with Gasteiger partial charge in [-0.2, -0.15) is 13.2 Å². The number of aliphatic hydroxyl groups excluding tert-OH is 1. The average molecular weight is 597 g/mol. The van der Waals surface area contributed by atoms with Gasteiger partial charge in [-0.05, 0) is 62.2 Å². The van der Waals surface area contributed by atoms with Gasteiger partial charge in [0.1, 0.15) is 11.7 Å². The normalized spacial score (nSPS) is 13.0. The molecule has 5 aromatic rings. The number of carbonyl (C=O) groups excluding carboxylic acids is 1. The lowest BCUT2D eigenvalue weighted by Crippen LogP contribution is -2.26. The van der Waals surface area contributed by atoms with Crippen molar-refractivity contribution in [2.24, 2.45) is 0 Å². The van der Waals surface area contributed by atoms with Crippen LogP contribution in [0.5, 0.6) is 5.88 Å². The molecule has 0 aliphatic rings. The minimum absolute atomic E-state index is 0.180. The van der Waals surface area contributed by atoms with Gasteiger partial charge in [-0.25, -0.2) is 9.78 Å². The highest BCUT2D eigenvalue weighted by Crippen LogP contribution is 2.38. The van der Waals surface area contributed by atoms with Crippen molar-refractivity contribution in [2.45, 2.75) is 45.1 Å². The van der Waals surface area contributed by atoms with Crippen molar-refractivity contribution < 1.29 is 32.5 Å². The molecule has 0 aliphatic carbocycles. The predicted molar refractivity (Wildman–Crippen MR) is 155 cm³/mol. The van der Waals surface area contributed by atoms with Crippen LogP contribution >= 0.6 is 11.6 Å². The number of hydrogen-bond donors (Lipinski definition) is 1. The minimum atomic E-state index is -4.44. The number of rotatable bonds is 5. The van der Waals surface area contributed by atoms with Crippen LogP contribution in [0.3, 0.4) is 0 Å². The Labute approximate surface area is 245 Å². The van der Waals surface area contributed by atoms with E-state index in [-0.39, 0.29) is 12.3 Å². The van der Waals surface area contributed by atoms with E-state index in [9.17, 15) is 23.1 Å². The van der Waals surface area contributed by atoms with Crippen LogP contribution in [0.4, 0.5) is 18.0 Å². The van der Waals surface area contributed by atoms with Crippen LogP contribution in [0.2, 0.25) is 5.02 Å². The zero-order valence-corrected chi connectivity index (χ0v) is 24.0. The third-order valence-corrected chi connectivity index (χ3v) is 7.23. The van der Waals surface area contributed by atoms with E-state index in [0.29, 0.717) is 49.1 Å². The quantitative estimate of drug-likeness (QED) is 0.221. The van der Waals surface area contributed by atoms with E-state index in [0.717, 1.165) is 12.1 Å². The Balaban J connectivity index is 1.55. The molecule has 0 bridgehead atoms. The molecular weight excluding hydrogens is 569 g/mol. The zero-order valence-electron chi connectivity index (χ0n) is 23.3. The van der Waals surface area contributed by atoms with Gasteiger partial charge >= 0.3 is 12.3 Å². The second kappa shape index (κ2) is 11.0. The van der Waals surface area contributed by atoms with Gasteiger partial charge < -0.3 is 14.6 Å². The van der Waals surface area contributed by atoms with Crippen molar-refractivity contribution in [3.8, 4) is 5.88 Å². The molecule has 5 rings (SSSR count). The summed E-state index contributed by atoms with van der Waals surface area (Å²) in [6.45, 7) is 5.33. The van der Waals surface area contributed by atoms with Gasteiger partial charge in [0.05, 0.1) is 28.7 Å². The summed E-state index contributed by atoms with van der Waals surface area (Å²) in [5.41, 5.74) is 1.75. The molecule has 0 amide bonds. The Bertz CT molecular complexity index is 1790. The maximum absolute atomic E-state index is 13.0. The number of ether oxygens (including phenoxy) is 2. The van der Waals surface area contributed by atoms with Crippen molar-refractivity contribution in [1.82, 2.24) is 9.55 Å². The van der Waals surface area contributed by atoms with Gasteiger partial charge in [-0.1, -0.05) is 48.0 Å². The number of halogens is 4. The van der Waals surface area contributed by atoms with Crippen LogP contribution in [0.25, 0.3) is 21.8 Å². The van der Waals surface area contributed by atoms with E-state index in [2.05, 4.69) is 4.98 Å². The zero-order chi connectivity index (χ0) is 30.4. The van der Waals surface area contributed by atoms with Gasteiger partial charge in [0.2, 0.25) is 5.88 Å². The molecule has 10 heteroatoms. The molecule has 2 heterocycles. The van der Waals surface area contributed by atoms with Crippen molar-refractivity contribution in [1.29, 1.82) is 0 Å². The van der Waals surface area contributed by atoms with Crippen LogP contribution in [-0.2, 0) is 17.3 Å². The Morgan fingerprint density at radius 1 is 1.02 bits per heavy atom. The topological polar surface area (TPSA) is 73.6 Å². The fourth-order valence-corrected chi connectivity index (χ4v) is 5.13. The molecule has 1 atom stereocenters. The summed E-state index contributed by atoms with van der Waals surface area (Å²) in [5, 5.41) is 13.0. The van der Waals surface area contributed by atoms with Gasteiger partial charge in [0.15, 0.2) is 0 Å². The first-order chi connectivity index (χ1) is 19.8. The number of fused-ring (bicyclic) bond motifs is 2. The van der Waals surface area contributed by atoms with Crippen LogP contribution in [0.1, 0.15) is 54.7 Å². The fraction of sp³-hybridized carbons (Fsp3) is 0.250. The monoisotopic (exact) mass is 596 g/mol. The maximum atomic E-state index is 13.0. The van der Waals surface area contributed by atoms with Gasteiger partial charge in [0, 0.05) is 34.5 Å². The number of pyridine rings is 1. The van der Waals surface area contributed by atoms with E-state index >= 15 is 0 Å². The van der Waals surface area contributed by atoms with Crippen molar-refractivity contribution in [3.05, 3.63) is 106 Å². The van der Waals surface area contributed by atoms with Crippen molar-refractivity contribution >= 4 is 39.5 Å².